The van der Waals surface area contributed by atoms with Crippen LogP contribution in [0.3, 0.4) is 0 Å². The fraction of sp³-hybridized carbons (Fsp3) is 0.350. The first-order chi connectivity index (χ1) is 12.6. The predicted molar refractivity (Wildman–Crippen MR) is 102 cm³/mol. The smallest absolute Gasteiger partial charge is 0.308 e. The number of Topliss-reactive ketones (excluding diaryl/α,β-unsaturated/α-hetero) is 1. The average molecular weight is 373 g/mol. The summed E-state index contributed by atoms with van der Waals surface area (Å²) in [6, 6.07) is 10.9. The highest BCUT2D eigenvalue weighted by atomic mass is 32.1. The highest BCUT2D eigenvalue weighted by Gasteiger charge is 2.11. The number of ketones is 1. The van der Waals surface area contributed by atoms with Crippen LogP contribution in [0.5, 0.6) is 0 Å². The zero-order valence-electron chi connectivity index (χ0n) is 14.8. The summed E-state index contributed by atoms with van der Waals surface area (Å²) in [4.78, 5) is 36.1. The maximum atomic E-state index is 12.1. The number of amides is 1. The molecule has 2 aromatic rings. The Hall–Kier alpha value is -2.47. The number of rotatable bonds is 10. The molecule has 1 amide bonds. The van der Waals surface area contributed by atoms with Crippen molar-refractivity contribution in [3.63, 3.8) is 0 Å². The van der Waals surface area contributed by atoms with Gasteiger partial charge in [0.1, 0.15) is 0 Å². The molecule has 0 radical (unpaired) electrons. The first-order valence-corrected chi connectivity index (χ1v) is 9.57. The van der Waals surface area contributed by atoms with Crippen LogP contribution < -0.4 is 5.32 Å². The summed E-state index contributed by atoms with van der Waals surface area (Å²) in [5, 5.41) is 4.45. The second kappa shape index (κ2) is 10.5. The molecule has 1 aromatic carbocycles. The predicted octanol–water partition coefficient (Wildman–Crippen LogP) is 3.64. The van der Waals surface area contributed by atoms with E-state index in [0.717, 1.165) is 19.3 Å². The van der Waals surface area contributed by atoms with Crippen molar-refractivity contribution >= 4 is 29.0 Å². The molecular formula is C20H23NO4S. The van der Waals surface area contributed by atoms with E-state index in [1.807, 2.05) is 17.5 Å². The standard InChI is InChI=1S/C20H23NO4S/c1-2-3-5-15-7-9-16(10-8-15)17(22)14-25-19(23)11-12-21-20(24)18-6-4-13-26-18/h4,6-10,13H,2-3,5,11-12,14H2,1H3,(H,21,24). The third-order valence-electron chi connectivity index (χ3n) is 3.82. The molecule has 0 aliphatic heterocycles. The van der Waals surface area contributed by atoms with Crippen LogP contribution >= 0.6 is 11.3 Å². The SMILES string of the molecule is CCCCc1ccc(C(=O)COC(=O)CCNC(=O)c2cccs2)cc1. The Balaban J connectivity index is 1.68. The Morgan fingerprint density at radius 3 is 2.54 bits per heavy atom. The molecule has 138 valence electrons. The summed E-state index contributed by atoms with van der Waals surface area (Å²) in [7, 11) is 0. The van der Waals surface area contributed by atoms with Gasteiger partial charge in [0.25, 0.3) is 5.91 Å². The fourth-order valence-electron chi connectivity index (χ4n) is 2.31. The molecule has 0 unspecified atom stereocenters. The number of thiophene rings is 1. The Morgan fingerprint density at radius 2 is 1.88 bits per heavy atom. The summed E-state index contributed by atoms with van der Waals surface area (Å²) in [6.45, 7) is 2.03. The monoisotopic (exact) mass is 373 g/mol. The molecule has 1 N–H and O–H groups in total. The Labute approximate surface area is 157 Å². The van der Waals surface area contributed by atoms with Crippen LogP contribution in [-0.2, 0) is 16.0 Å². The molecule has 0 saturated carbocycles. The summed E-state index contributed by atoms with van der Waals surface area (Å²) in [5.41, 5.74) is 1.73. The lowest BCUT2D eigenvalue weighted by Gasteiger charge is -2.06. The summed E-state index contributed by atoms with van der Waals surface area (Å²) < 4.78 is 4.99. The molecule has 5 nitrogen and oxygen atoms in total. The first-order valence-electron chi connectivity index (χ1n) is 8.69. The number of carbonyl (C=O) groups is 3. The van der Waals surface area contributed by atoms with Crippen molar-refractivity contribution in [2.45, 2.75) is 32.6 Å². The zero-order valence-corrected chi connectivity index (χ0v) is 15.6. The van der Waals surface area contributed by atoms with Gasteiger partial charge in [-0.25, -0.2) is 0 Å². The van der Waals surface area contributed by atoms with Gasteiger partial charge in [0.2, 0.25) is 0 Å². The van der Waals surface area contributed by atoms with Crippen molar-refractivity contribution in [3.8, 4) is 0 Å². The van der Waals surface area contributed by atoms with Gasteiger partial charge >= 0.3 is 5.97 Å². The number of esters is 1. The van der Waals surface area contributed by atoms with Gasteiger partial charge in [-0.2, -0.15) is 0 Å². The number of ether oxygens (including phenoxy) is 1. The lowest BCUT2D eigenvalue weighted by molar-refractivity contribution is -0.142. The molecule has 0 aliphatic carbocycles. The van der Waals surface area contributed by atoms with E-state index in [9.17, 15) is 14.4 Å². The van der Waals surface area contributed by atoms with E-state index < -0.39 is 5.97 Å². The van der Waals surface area contributed by atoms with E-state index in [1.165, 1.54) is 16.9 Å². The van der Waals surface area contributed by atoms with Gasteiger partial charge in [0.15, 0.2) is 12.4 Å². The molecule has 0 saturated heterocycles. The van der Waals surface area contributed by atoms with Crippen LogP contribution in [0.2, 0.25) is 0 Å². The molecule has 0 atom stereocenters. The summed E-state index contributed by atoms with van der Waals surface area (Å²) in [5.74, 6) is -0.959. The number of hydrogen-bond donors (Lipinski definition) is 1. The quantitative estimate of drug-likeness (QED) is 0.510. The van der Waals surface area contributed by atoms with E-state index in [2.05, 4.69) is 12.2 Å². The second-order valence-electron chi connectivity index (χ2n) is 5.87. The van der Waals surface area contributed by atoms with E-state index in [0.29, 0.717) is 10.4 Å². The van der Waals surface area contributed by atoms with Crippen molar-refractivity contribution in [2.24, 2.45) is 0 Å². The van der Waals surface area contributed by atoms with Crippen molar-refractivity contribution < 1.29 is 19.1 Å². The molecule has 0 spiro atoms. The molecular weight excluding hydrogens is 350 g/mol. The second-order valence-corrected chi connectivity index (χ2v) is 6.82. The topological polar surface area (TPSA) is 72.5 Å². The van der Waals surface area contributed by atoms with Gasteiger partial charge in [-0.15, -0.1) is 11.3 Å². The molecule has 0 bridgehead atoms. The van der Waals surface area contributed by atoms with Gasteiger partial charge < -0.3 is 10.1 Å². The average Bonchev–Trinajstić information content (AvgIpc) is 3.19. The Morgan fingerprint density at radius 1 is 1.12 bits per heavy atom. The fourth-order valence-corrected chi connectivity index (χ4v) is 2.95. The number of benzene rings is 1. The van der Waals surface area contributed by atoms with Crippen LogP contribution in [0, 0.1) is 0 Å². The molecule has 2 rings (SSSR count). The van der Waals surface area contributed by atoms with Crippen LogP contribution in [0.1, 0.15) is 51.8 Å². The van der Waals surface area contributed by atoms with Crippen LogP contribution in [0.25, 0.3) is 0 Å². The maximum Gasteiger partial charge on any atom is 0.308 e. The van der Waals surface area contributed by atoms with E-state index >= 15 is 0 Å². The molecule has 6 heteroatoms. The number of hydrogen-bond acceptors (Lipinski definition) is 5. The Bertz CT molecular complexity index is 723. The molecule has 0 aliphatic rings. The van der Waals surface area contributed by atoms with Crippen molar-refractivity contribution in [1.82, 2.24) is 5.32 Å². The molecule has 26 heavy (non-hydrogen) atoms. The van der Waals surface area contributed by atoms with Crippen molar-refractivity contribution in [3.05, 3.63) is 57.8 Å². The van der Waals surface area contributed by atoms with Gasteiger partial charge in [0.05, 0.1) is 11.3 Å². The number of aryl methyl sites for hydroxylation is 1. The molecule has 0 fully saturated rings. The molecule has 1 aromatic heterocycles. The largest absolute Gasteiger partial charge is 0.457 e. The lowest BCUT2D eigenvalue weighted by atomic mass is 10.0. The number of unbranched alkanes of at least 4 members (excludes halogenated alkanes) is 1. The minimum absolute atomic E-state index is 0.0281. The minimum atomic E-state index is -0.510. The van der Waals surface area contributed by atoms with Gasteiger partial charge in [-0.05, 0) is 29.9 Å². The van der Waals surface area contributed by atoms with Gasteiger partial charge in [-0.3, -0.25) is 14.4 Å². The van der Waals surface area contributed by atoms with Crippen molar-refractivity contribution in [2.75, 3.05) is 13.2 Å². The zero-order chi connectivity index (χ0) is 18.8. The van der Waals surface area contributed by atoms with Gasteiger partial charge in [-0.1, -0.05) is 43.7 Å². The third kappa shape index (κ3) is 6.44. The number of nitrogens with one attached hydrogen (secondary N) is 1. The highest BCUT2D eigenvalue weighted by molar-refractivity contribution is 7.12. The highest BCUT2D eigenvalue weighted by Crippen LogP contribution is 2.09. The minimum Gasteiger partial charge on any atom is -0.457 e. The van der Waals surface area contributed by atoms with Crippen LogP contribution in [0.4, 0.5) is 0 Å². The number of carbonyl (C=O) groups excluding carboxylic acids is 3. The summed E-state index contributed by atoms with van der Waals surface area (Å²) in [6.07, 6.45) is 3.27. The van der Waals surface area contributed by atoms with E-state index in [-0.39, 0.29) is 31.3 Å². The third-order valence-corrected chi connectivity index (χ3v) is 4.69. The lowest BCUT2D eigenvalue weighted by Crippen LogP contribution is -2.26. The van der Waals surface area contributed by atoms with Crippen LogP contribution in [0.15, 0.2) is 41.8 Å². The van der Waals surface area contributed by atoms with E-state index in [4.69, 9.17) is 4.74 Å². The van der Waals surface area contributed by atoms with Crippen LogP contribution in [-0.4, -0.2) is 30.8 Å². The normalized spacial score (nSPS) is 10.3. The summed E-state index contributed by atoms with van der Waals surface area (Å²) >= 11 is 1.33. The maximum absolute atomic E-state index is 12.1. The van der Waals surface area contributed by atoms with E-state index in [1.54, 1.807) is 24.3 Å². The molecule has 1 heterocycles. The first kappa shape index (κ1) is 19.8. The Kier molecular flexibility index (Phi) is 8.02. The van der Waals surface area contributed by atoms with Gasteiger partial charge in [0, 0.05) is 12.1 Å². The van der Waals surface area contributed by atoms with Crippen molar-refractivity contribution in [1.29, 1.82) is 0 Å².